The predicted molar refractivity (Wildman–Crippen MR) is 188 cm³/mol. The van der Waals surface area contributed by atoms with E-state index in [9.17, 15) is 19.8 Å². The predicted octanol–water partition coefficient (Wildman–Crippen LogP) is 1.74. The maximum absolute atomic E-state index is 13.2. The summed E-state index contributed by atoms with van der Waals surface area (Å²) in [6.45, 7) is 6.65. The van der Waals surface area contributed by atoms with E-state index in [1.807, 2.05) is 52.5 Å². The molecule has 1 unspecified atom stereocenters. The molecule has 9 heterocycles. The Hall–Kier alpha value is -1.64. The fourth-order valence-corrected chi connectivity index (χ4v) is 11.5. The number of aliphatic hydroxyl groups is 2. The van der Waals surface area contributed by atoms with Gasteiger partial charge in [0.15, 0.2) is 5.60 Å². The summed E-state index contributed by atoms with van der Waals surface area (Å²) in [5.74, 6) is 0.746. The van der Waals surface area contributed by atoms with Crippen molar-refractivity contribution in [3.8, 4) is 0 Å². The van der Waals surface area contributed by atoms with E-state index in [1.165, 1.54) is 59.9 Å². The van der Waals surface area contributed by atoms with Crippen LogP contribution in [0.1, 0.15) is 66.0 Å². The zero-order valence-electron chi connectivity index (χ0n) is 27.7. The summed E-state index contributed by atoms with van der Waals surface area (Å²) in [5, 5.41) is 35.0. The maximum Gasteiger partial charge on any atom is 0.263 e. The number of rotatable bonds is 8. The first-order valence-corrected chi connectivity index (χ1v) is 20.1. The Balaban J connectivity index is 0.000000164. The number of fused-ring (bicyclic) bond motifs is 6. The highest BCUT2D eigenvalue weighted by molar-refractivity contribution is 7.12. The highest BCUT2D eigenvalue weighted by Crippen LogP contribution is 2.43. The average molecular weight is 778 g/mol. The normalized spacial score (nSPS) is 30.9. The zero-order valence-corrected chi connectivity index (χ0v) is 31.7. The van der Waals surface area contributed by atoms with Gasteiger partial charge in [-0.2, -0.15) is 0 Å². The summed E-state index contributed by atoms with van der Waals surface area (Å²) in [5.41, 5.74) is -2.91. The summed E-state index contributed by atoms with van der Waals surface area (Å²) in [4.78, 5) is 30.9. The lowest BCUT2D eigenvalue weighted by Crippen LogP contribution is -3.00. The number of amides is 2. The SMILES string of the molecule is C[N+]12CCC(CC1)C(NC(=O)C(O)(c1cccs1)c1cccs1)C2.O=C(N[C@H]1CN2CCC1CC2)[C@](O)(c1cccs1)C1CCCC1.[Br-]. The van der Waals surface area contributed by atoms with Crippen LogP contribution in [0.15, 0.2) is 52.5 Å². The summed E-state index contributed by atoms with van der Waals surface area (Å²) >= 11 is 4.35. The van der Waals surface area contributed by atoms with Crippen molar-refractivity contribution in [2.75, 3.05) is 46.3 Å². The second-order valence-corrected chi connectivity index (χ2v) is 17.6. The first kappa shape index (κ1) is 36.2. The Kier molecular flexibility index (Phi) is 11.2. The van der Waals surface area contributed by atoms with Gasteiger partial charge in [-0.3, -0.25) is 9.59 Å². The summed E-state index contributed by atoms with van der Waals surface area (Å²) in [6, 6.07) is 11.7. The van der Waals surface area contributed by atoms with Crippen LogP contribution in [0, 0.1) is 17.8 Å². The number of piperidine rings is 6. The van der Waals surface area contributed by atoms with Crippen LogP contribution in [0.25, 0.3) is 0 Å². The molecule has 0 radical (unpaired) electrons. The summed E-state index contributed by atoms with van der Waals surface area (Å²) in [6.07, 6.45) is 8.80. The number of nitrogens with zero attached hydrogens (tertiary/aromatic N) is 2. The van der Waals surface area contributed by atoms with Gasteiger partial charge < -0.3 is 47.2 Å². The second-order valence-electron chi connectivity index (χ2n) is 14.8. The van der Waals surface area contributed by atoms with E-state index >= 15 is 0 Å². The molecule has 6 saturated heterocycles. The van der Waals surface area contributed by atoms with Crippen molar-refractivity contribution in [3.63, 3.8) is 0 Å². The topological polar surface area (TPSA) is 102 Å². The Morgan fingerprint density at radius 3 is 1.77 bits per heavy atom. The molecular formula is C36H49BrN4O4S3. The molecule has 7 fully saturated rings. The van der Waals surface area contributed by atoms with Crippen LogP contribution in [0.4, 0.5) is 0 Å². The molecule has 8 nitrogen and oxygen atoms in total. The monoisotopic (exact) mass is 776 g/mol. The van der Waals surface area contributed by atoms with Gasteiger partial charge in [0.2, 0.25) is 5.60 Å². The number of thiophene rings is 3. The molecule has 12 heteroatoms. The number of likely N-dealkylation sites (N-methyl/N-ethyl adjacent to an activating group) is 1. The number of carbonyl (C=O) groups is 2. The van der Waals surface area contributed by atoms with Crippen molar-refractivity contribution in [2.24, 2.45) is 17.8 Å². The van der Waals surface area contributed by atoms with E-state index in [-0.39, 0.29) is 46.8 Å². The van der Waals surface area contributed by atoms with Crippen molar-refractivity contribution < 1.29 is 41.3 Å². The first-order valence-electron chi connectivity index (χ1n) is 17.4. The highest BCUT2D eigenvalue weighted by Gasteiger charge is 2.50. The third kappa shape index (κ3) is 6.97. The van der Waals surface area contributed by atoms with Crippen molar-refractivity contribution in [1.29, 1.82) is 0 Å². The maximum atomic E-state index is 13.2. The number of quaternary nitrogens is 1. The first-order chi connectivity index (χ1) is 22.7. The summed E-state index contributed by atoms with van der Waals surface area (Å²) < 4.78 is 1.04. The van der Waals surface area contributed by atoms with Gasteiger partial charge in [0, 0.05) is 36.2 Å². The van der Waals surface area contributed by atoms with Crippen LogP contribution < -0.4 is 27.6 Å². The smallest absolute Gasteiger partial charge is 0.263 e. The quantitative estimate of drug-likeness (QED) is 0.262. The lowest BCUT2D eigenvalue weighted by atomic mass is 9.81. The van der Waals surface area contributed by atoms with Crippen LogP contribution in [0.3, 0.4) is 0 Å². The molecule has 3 atom stereocenters. The van der Waals surface area contributed by atoms with Gasteiger partial charge in [-0.05, 0) is 84.9 Å². The molecule has 3 aromatic heterocycles. The number of hydrogen-bond donors (Lipinski definition) is 4. The molecule has 7 aliphatic rings. The molecule has 262 valence electrons. The van der Waals surface area contributed by atoms with Gasteiger partial charge in [0.25, 0.3) is 11.8 Å². The van der Waals surface area contributed by atoms with Crippen LogP contribution in [0.5, 0.6) is 0 Å². The third-order valence-electron chi connectivity index (χ3n) is 11.8. The fraction of sp³-hybridized carbons (Fsp3) is 0.611. The van der Waals surface area contributed by atoms with Crippen molar-refractivity contribution in [3.05, 3.63) is 67.2 Å². The minimum atomic E-state index is -1.58. The van der Waals surface area contributed by atoms with E-state index in [2.05, 4.69) is 22.6 Å². The van der Waals surface area contributed by atoms with Crippen LogP contribution >= 0.6 is 34.0 Å². The Morgan fingerprint density at radius 2 is 1.29 bits per heavy atom. The van der Waals surface area contributed by atoms with Crippen molar-refractivity contribution in [1.82, 2.24) is 15.5 Å². The molecule has 1 aliphatic carbocycles. The van der Waals surface area contributed by atoms with Gasteiger partial charge in [-0.1, -0.05) is 31.0 Å². The molecule has 0 aromatic carbocycles. The number of hydrogen-bond acceptors (Lipinski definition) is 8. The fourth-order valence-electron chi connectivity index (χ4n) is 8.91. The molecule has 4 N–H and O–H groups in total. The van der Waals surface area contributed by atoms with E-state index < -0.39 is 11.2 Å². The molecular weight excluding hydrogens is 729 g/mol. The minimum absolute atomic E-state index is 0. The molecule has 4 bridgehead atoms. The number of halogens is 1. The van der Waals surface area contributed by atoms with E-state index in [4.69, 9.17) is 0 Å². The summed E-state index contributed by atoms with van der Waals surface area (Å²) in [7, 11) is 2.28. The van der Waals surface area contributed by atoms with E-state index in [0.717, 1.165) is 74.1 Å². The van der Waals surface area contributed by atoms with Gasteiger partial charge >= 0.3 is 0 Å². The van der Waals surface area contributed by atoms with E-state index in [1.54, 1.807) is 0 Å². The van der Waals surface area contributed by atoms with Gasteiger partial charge in [0.1, 0.15) is 0 Å². The van der Waals surface area contributed by atoms with E-state index in [0.29, 0.717) is 21.6 Å². The Bertz CT molecular complexity index is 1450. The molecule has 1 saturated carbocycles. The van der Waals surface area contributed by atoms with Crippen LogP contribution in [-0.2, 0) is 20.8 Å². The molecule has 48 heavy (non-hydrogen) atoms. The second kappa shape index (κ2) is 14.9. The molecule has 10 rings (SSSR count). The molecule has 6 aliphatic heterocycles. The van der Waals surface area contributed by atoms with Gasteiger partial charge in [-0.15, -0.1) is 34.0 Å². The molecule has 3 aromatic rings. The van der Waals surface area contributed by atoms with Crippen LogP contribution in [0.2, 0.25) is 0 Å². The lowest BCUT2D eigenvalue weighted by molar-refractivity contribution is -0.925. The van der Waals surface area contributed by atoms with Gasteiger partial charge in [-0.25, -0.2) is 0 Å². The Morgan fingerprint density at radius 1 is 0.771 bits per heavy atom. The zero-order chi connectivity index (χ0) is 32.6. The lowest BCUT2D eigenvalue weighted by Gasteiger charge is -2.50. The van der Waals surface area contributed by atoms with Gasteiger partial charge in [0.05, 0.1) is 42.5 Å². The largest absolute Gasteiger partial charge is 1.00 e. The highest BCUT2D eigenvalue weighted by atomic mass is 79.9. The average Bonchev–Trinajstić information content (AvgIpc) is 3.93. The number of nitrogens with one attached hydrogen (secondary N) is 2. The Labute approximate surface area is 306 Å². The standard InChI is InChI=1S/C18H22N2O2S2.C18H26N2O2S.BrH/c1-20-8-6-13(7-9-20)14(12-20)19-17(21)18(22,15-4-2-10-23-15)16-5-3-11-24-16;21-17(19-15-12-20-9-7-13(15)8-10-20)18(22,14-4-1-2-5-14)16-6-3-11-23-16;/h2-5,10-11,13-14,22H,6-9,12H2,1H3;3,6,11,13-15,22H,1-2,4-5,7-10,12H2,(H,19,21);1H/t;15-,18+;/m.0./s1. The molecule has 0 spiro atoms. The van der Waals surface area contributed by atoms with Crippen molar-refractivity contribution in [2.45, 2.75) is 74.7 Å². The molecule has 2 amide bonds. The van der Waals surface area contributed by atoms with Crippen LogP contribution in [-0.4, -0.2) is 89.8 Å². The number of carbonyl (C=O) groups excluding carboxylic acids is 2. The van der Waals surface area contributed by atoms with Crippen molar-refractivity contribution >= 4 is 45.8 Å². The minimum Gasteiger partial charge on any atom is -1.00 e. The third-order valence-corrected chi connectivity index (χ3v) is 14.8.